The van der Waals surface area contributed by atoms with Gasteiger partial charge in [0.05, 0.1) is 5.38 Å². The molecule has 1 fully saturated rings. The van der Waals surface area contributed by atoms with Gasteiger partial charge in [0.1, 0.15) is 0 Å². The minimum atomic E-state index is -0.293. The highest BCUT2D eigenvalue weighted by atomic mass is 35.5. The Morgan fingerprint density at radius 1 is 1.55 bits per heavy atom. The number of alkyl halides is 1. The molecule has 1 nitrogen and oxygen atoms in total. The number of ketones is 1. The molecule has 1 unspecified atom stereocenters. The molecule has 0 saturated heterocycles. The molecular weight excluding hydrogens is 160 g/mol. The second kappa shape index (κ2) is 4.10. The van der Waals surface area contributed by atoms with Crippen LogP contribution in [0.4, 0.5) is 0 Å². The van der Waals surface area contributed by atoms with E-state index in [1.54, 1.807) is 6.92 Å². The summed E-state index contributed by atoms with van der Waals surface area (Å²) in [6.45, 7) is 1.77. The normalized spacial score (nSPS) is 23.1. The van der Waals surface area contributed by atoms with Gasteiger partial charge >= 0.3 is 0 Å². The molecule has 2 heteroatoms. The van der Waals surface area contributed by atoms with Crippen LogP contribution in [0.1, 0.15) is 32.6 Å². The maximum absolute atomic E-state index is 11.4. The van der Waals surface area contributed by atoms with E-state index in [9.17, 15) is 4.79 Å². The predicted molar refractivity (Wildman–Crippen MR) is 46.6 cm³/mol. The van der Waals surface area contributed by atoms with Crippen LogP contribution in [0.15, 0.2) is 0 Å². The first-order valence-electron chi connectivity index (χ1n) is 4.21. The smallest absolute Gasteiger partial charge is 0.153 e. The molecule has 0 amide bonds. The minimum absolute atomic E-state index is 0.236. The minimum Gasteiger partial charge on any atom is -0.298 e. The average Bonchev–Trinajstić information content (AvgIpc) is 2.05. The van der Waals surface area contributed by atoms with Gasteiger partial charge in [0, 0.05) is 5.92 Å². The zero-order valence-electron chi connectivity index (χ0n) is 6.85. The Bertz CT molecular complexity index is 136. The maximum atomic E-state index is 11.4. The Kier molecular flexibility index (Phi) is 3.38. The molecule has 0 N–H and O–H groups in total. The van der Waals surface area contributed by atoms with Gasteiger partial charge in [-0.1, -0.05) is 0 Å². The van der Waals surface area contributed by atoms with Crippen molar-refractivity contribution in [2.45, 2.75) is 38.0 Å². The summed E-state index contributed by atoms with van der Waals surface area (Å²) in [5, 5.41) is -0.293. The third-order valence-electron chi connectivity index (χ3n) is 2.23. The van der Waals surface area contributed by atoms with E-state index in [4.69, 9.17) is 11.6 Å². The number of carbonyl (C=O) groups is 1. The summed E-state index contributed by atoms with van der Waals surface area (Å²) >= 11 is 5.70. The fourth-order valence-electron chi connectivity index (χ4n) is 1.54. The van der Waals surface area contributed by atoms with Crippen LogP contribution in [0.5, 0.6) is 0 Å². The maximum Gasteiger partial charge on any atom is 0.153 e. The second-order valence-electron chi connectivity index (χ2n) is 3.16. The van der Waals surface area contributed by atoms with Gasteiger partial charge in [0.2, 0.25) is 0 Å². The van der Waals surface area contributed by atoms with Gasteiger partial charge in [-0.3, -0.25) is 4.79 Å². The quantitative estimate of drug-likeness (QED) is 0.587. The summed E-state index contributed by atoms with van der Waals surface area (Å²) in [4.78, 5) is 11.4. The van der Waals surface area contributed by atoms with Crippen LogP contribution in [0.25, 0.3) is 0 Å². The van der Waals surface area contributed by atoms with Crippen molar-refractivity contribution in [2.75, 3.05) is 0 Å². The number of rotatable bonds is 2. The molecule has 0 aromatic heterocycles. The summed E-state index contributed by atoms with van der Waals surface area (Å²) in [6, 6.07) is 0. The first kappa shape index (κ1) is 9.05. The van der Waals surface area contributed by atoms with Crippen LogP contribution in [0, 0.1) is 12.3 Å². The summed E-state index contributed by atoms with van der Waals surface area (Å²) < 4.78 is 0. The van der Waals surface area contributed by atoms with Crippen molar-refractivity contribution in [1.82, 2.24) is 0 Å². The molecule has 0 aliphatic heterocycles. The monoisotopic (exact) mass is 173 g/mol. The summed E-state index contributed by atoms with van der Waals surface area (Å²) in [7, 11) is 0. The fraction of sp³-hybridized carbons (Fsp3) is 0.778. The second-order valence-corrected chi connectivity index (χ2v) is 3.81. The van der Waals surface area contributed by atoms with E-state index in [0.717, 1.165) is 25.7 Å². The Morgan fingerprint density at radius 3 is 2.55 bits per heavy atom. The zero-order valence-corrected chi connectivity index (χ0v) is 7.60. The van der Waals surface area contributed by atoms with Gasteiger partial charge in [-0.15, -0.1) is 11.6 Å². The SMILES string of the molecule is CC(Cl)C(=O)C1CC[CH]CC1. The van der Waals surface area contributed by atoms with E-state index >= 15 is 0 Å². The van der Waals surface area contributed by atoms with Gasteiger partial charge in [-0.25, -0.2) is 0 Å². The highest BCUT2D eigenvalue weighted by molar-refractivity contribution is 6.31. The van der Waals surface area contributed by atoms with E-state index in [2.05, 4.69) is 6.42 Å². The molecule has 1 saturated carbocycles. The standard InChI is InChI=1S/C9H14ClO/c1-7(10)9(11)8-5-3-2-4-6-8/h2,7-8H,3-6H2,1H3. The van der Waals surface area contributed by atoms with Crippen molar-refractivity contribution in [3.63, 3.8) is 0 Å². The van der Waals surface area contributed by atoms with E-state index in [1.165, 1.54) is 0 Å². The highest BCUT2D eigenvalue weighted by Crippen LogP contribution is 2.25. The molecule has 1 radical (unpaired) electrons. The van der Waals surface area contributed by atoms with Crippen molar-refractivity contribution in [3.8, 4) is 0 Å². The van der Waals surface area contributed by atoms with E-state index in [0.29, 0.717) is 0 Å². The Labute approximate surface area is 73.1 Å². The third-order valence-corrected chi connectivity index (χ3v) is 2.45. The number of halogens is 1. The molecule has 1 aliphatic rings. The Balaban J connectivity index is 2.39. The Morgan fingerprint density at radius 2 is 2.09 bits per heavy atom. The molecule has 0 aromatic carbocycles. The molecule has 11 heavy (non-hydrogen) atoms. The molecule has 1 atom stereocenters. The summed E-state index contributed by atoms with van der Waals surface area (Å²) in [6.07, 6.45) is 6.44. The topological polar surface area (TPSA) is 17.1 Å². The zero-order chi connectivity index (χ0) is 8.27. The van der Waals surface area contributed by atoms with Crippen LogP contribution in [0.2, 0.25) is 0 Å². The number of carbonyl (C=O) groups excluding carboxylic acids is 1. The number of Topliss-reactive ketones (excluding diaryl/α,β-unsaturated/α-hetero) is 1. The molecule has 1 aliphatic carbocycles. The van der Waals surface area contributed by atoms with E-state index < -0.39 is 0 Å². The highest BCUT2D eigenvalue weighted by Gasteiger charge is 2.23. The lowest BCUT2D eigenvalue weighted by molar-refractivity contribution is -0.122. The molecule has 1 rings (SSSR count). The largest absolute Gasteiger partial charge is 0.298 e. The van der Waals surface area contributed by atoms with Crippen molar-refractivity contribution in [1.29, 1.82) is 0 Å². The van der Waals surface area contributed by atoms with Crippen LogP contribution in [-0.4, -0.2) is 11.2 Å². The van der Waals surface area contributed by atoms with Gasteiger partial charge < -0.3 is 0 Å². The van der Waals surface area contributed by atoms with Crippen molar-refractivity contribution in [3.05, 3.63) is 6.42 Å². The fourth-order valence-corrected chi connectivity index (χ4v) is 1.71. The van der Waals surface area contributed by atoms with Crippen molar-refractivity contribution in [2.24, 2.45) is 5.92 Å². The lowest BCUT2D eigenvalue weighted by Gasteiger charge is -2.20. The van der Waals surface area contributed by atoms with Crippen LogP contribution < -0.4 is 0 Å². The number of hydrogen-bond donors (Lipinski definition) is 0. The van der Waals surface area contributed by atoms with Crippen LogP contribution >= 0.6 is 11.6 Å². The van der Waals surface area contributed by atoms with E-state index in [-0.39, 0.29) is 17.1 Å². The first-order valence-corrected chi connectivity index (χ1v) is 4.65. The van der Waals surface area contributed by atoms with Crippen LogP contribution in [0.3, 0.4) is 0 Å². The lowest BCUT2D eigenvalue weighted by atomic mass is 9.85. The van der Waals surface area contributed by atoms with Gasteiger partial charge in [-0.2, -0.15) is 0 Å². The first-order chi connectivity index (χ1) is 5.22. The average molecular weight is 174 g/mol. The number of hydrogen-bond acceptors (Lipinski definition) is 1. The molecule has 63 valence electrons. The summed E-state index contributed by atoms with van der Waals surface area (Å²) in [5.74, 6) is 0.479. The van der Waals surface area contributed by atoms with Crippen molar-refractivity contribution >= 4 is 17.4 Å². The predicted octanol–water partition coefficient (Wildman–Crippen LogP) is 2.58. The van der Waals surface area contributed by atoms with Gasteiger partial charge in [0.25, 0.3) is 0 Å². The molecule has 0 aromatic rings. The van der Waals surface area contributed by atoms with Gasteiger partial charge in [-0.05, 0) is 39.0 Å². The Hall–Kier alpha value is -0.0400. The summed E-state index contributed by atoms with van der Waals surface area (Å²) in [5.41, 5.74) is 0. The molecular formula is C9H14ClO. The van der Waals surface area contributed by atoms with Crippen molar-refractivity contribution < 1.29 is 4.79 Å². The van der Waals surface area contributed by atoms with E-state index in [1.807, 2.05) is 0 Å². The molecule has 0 spiro atoms. The third kappa shape index (κ3) is 2.48. The lowest BCUT2D eigenvalue weighted by Crippen LogP contribution is -2.24. The molecule has 0 bridgehead atoms. The van der Waals surface area contributed by atoms with Gasteiger partial charge in [0.15, 0.2) is 5.78 Å². The molecule has 0 heterocycles. The van der Waals surface area contributed by atoms with Crippen LogP contribution in [-0.2, 0) is 4.79 Å².